The average molecular weight is 533 g/mol. The van der Waals surface area contributed by atoms with Crippen LogP contribution < -0.4 is 9.47 Å². The van der Waals surface area contributed by atoms with E-state index in [1.807, 2.05) is 43.3 Å². The number of pyridine rings is 1. The monoisotopic (exact) mass is 532 g/mol. The van der Waals surface area contributed by atoms with Crippen molar-refractivity contribution in [1.82, 2.24) is 9.29 Å². The molecule has 8 heteroatoms. The first-order valence-electron chi connectivity index (χ1n) is 13.4. The summed E-state index contributed by atoms with van der Waals surface area (Å²) >= 11 is 0. The molecule has 0 unspecified atom stereocenters. The van der Waals surface area contributed by atoms with Crippen LogP contribution in [0.5, 0.6) is 11.5 Å². The van der Waals surface area contributed by atoms with Crippen molar-refractivity contribution < 1.29 is 22.7 Å². The van der Waals surface area contributed by atoms with Crippen LogP contribution in [0.15, 0.2) is 65.6 Å². The van der Waals surface area contributed by atoms with Gasteiger partial charge in [-0.2, -0.15) is 4.31 Å². The number of ketones is 1. The number of aromatic nitrogens is 1. The molecule has 2 aliphatic carbocycles. The van der Waals surface area contributed by atoms with E-state index in [9.17, 15) is 13.2 Å². The summed E-state index contributed by atoms with van der Waals surface area (Å²) < 4.78 is 39.0. The Balaban J connectivity index is 1.18. The SMILES string of the molecule is CCCN(CC1CC1)S(=O)(=O)c1ccc(-c2cccc(CC(=O)C3(c4ccc5c(c4)OCO5)CC3)n2)cc1. The minimum absolute atomic E-state index is 0.147. The molecule has 6 rings (SSSR count). The number of nitrogens with zero attached hydrogens (tertiary/aromatic N) is 2. The maximum atomic E-state index is 13.4. The van der Waals surface area contributed by atoms with Crippen LogP contribution in [-0.2, 0) is 26.7 Å². The number of hydrogen-bond donors (Lipinski definition) is 0. The Kier molecular flexibility index (Phi) is 6.48. The number of sulfonamides is 1. The first-order valence-corrected chi connectivity index (χ1v) is 14.8. The van der Waals surface area contributed by atoms with Gasteiger partial charge in [-0.3, -0.25) is 9.78 Å². The number of Topliss-reactive ketones (excluding diaryl/α,β-unsaturated/α-hetero) is 1. The Labute approximate surface area is 223 Å². The predicted molar refractivity (Wildman–Crippen MR) is 144 cm³/mol. The van der Waals surface area contributed by atoms with Crippen LogP contribution in [0.3, 0.4) is 0 Å². The van der Waals surface area contributed by atoms with Crippen molar-refractivity contribution in [2.45, 2.75) is 55.8 Å². The van der Waals surface area contributed by atoms with Crippen molar-refractivity contribution in [3.8, 4) is 22.8 Å². The summed E-state index contributed by atoms with van der Waals surface area (Å²) in [5.41, 5.74) is 2.72. The van der Waals surface area contributed by atoms with Gasteiger partial charge in [0, 0.05) is 30.8 Å². The third-order valence-electron chi connectivity index (χ3n) is 7.78. The van der Waals surface area contributed by atoms with Gasteiger partial charge in [0.2, 0.25) is 16.8 Å². The number of benzene rings is 2. The van der Waals surface area contributed by atoms with Crippen molar-refractivity contribution >= 4 is 15.8 Å². The summed E-state index contributed by atoms with van der Waals surface area (Å²) in [5, 5.41) is 0. The van der Waals surface area contributed by atoms with Crippen LogP contribution in [0, 0.1) is 5.92 Å². The van der Waals surface area contributed by atoms with Gasteiger partial charge in [0.15, 0.2) is 11.5 Å². The van der Waals surface area contributed by atoms with Crippen LogP contribution in [0.2, 0.25) is 0 Å². The van der Waals surface area contributed by atoms with E-state index in [-0.39, 0.29) is 19.0 Å². The Morgan fingerprint density at radius 2 is 1.79 bits per heavy atom. The van der Waals surface area contributed by atoms with Crippen molar-refractivity contribution in [1.29, 1.82) is 0 Å². The Hall–Kier alpha value is -3.23. The molecule has 0 bridgehead atoms. The van der Waals surface area contributed by atoms with E-state index in [0.29, 0.717) is 41.1 Å². The second kappa shape index (κ2) is 9.82. The van der Waals surface area contributed by atoms with Gasteiger partial charge in [-0.15, -0.1) is 0 Å². The topological polar surface area (TPSA) is 85.8 Å². The Morgan fingerprint density at radius 1 is 1.03 bits per heavy atom. The second-order valence-electron chi connectivity index (χ2n) is 10.6. The summed E-state index contributed by atoms with van der Waals surface area (Å²) in [5.74, 6) is 2.04. The van der Waals surface area contributed by atoms with Crippen LogP contribution in [0.25, 0.3) is 11.3 Å². The third-order valence-corrected chi connectivity index (χ3v) is 9.66. The molecule has 38 heavy (non-hydrogen) atoms. The quantitative estimate of drug-likeness (QED) is 0.340. The first-order chi connectivity index (χ1) is 18.4. The zero-order chi connectivity index (χ0) is 26.3. The molecule has 0 spiro atoms. The van der Waals surface area contributed by atoms with Gasteiger partial charge in [-0.05, 0) is 80.0 Å². The minimum Gasteiger partial charge on any atom is -0.454 e. The molecule has 3 aromatic rings. The lowest BCUT2D eigenvalue weighted by molar-refractivity contribution is -0.120. The highest BCUT2D eigenvalue weighted by atomic mass is 32.2. The highest BCUT2D eigenvalue weighted by Gasteiger charge is 2.51. The highest BCUT2D eigenvalue weighted by Crippen LogP contribution is 2.51. The van der Waals surface area contributed by atoms with Gasteiger partial charge in [0.05, 0.1) is 16.0 Å². The van der Waals surface area contributed by atoms with Crippen molar-refractivity contribution in [2.75, 3.05) is 19.9 Å². The van der Waals surface area contributed by atoms with Gasteiger partial charge in [-0.1, -0.05) is 31.2 Å². The molecule has 2 saturated carbocycles. The van der Waals surface area contributed by atoms with Gasteiger partial charge in [-0.25, -0.2) is 8.42 Å². The molecule has 3 aliphatic rings. The van der Waals surface area contributed by atoms with Crippen molar-refractivity contribution in [2.24, 2.45) is 5.92 Å². The van der Waals surface area contributed by atoms with E-state index in [4.69, 9.17) is 14.5 Å². The predicted octanol–water partition coefficient (Wildman–Crippen LogP) is 5.13. The van der Waals surface area contributed by atoms with Gasteiger partial charge in [0.1, 0.15) is 5.78 Å². The van der Waals surface area contributed by atoms with E-state index in [1.165, 1.54) is 0 Å². The third kappa shape index (κ3) is 4.83. The summed E-state index contributed by atoms with van der Waals surface area (Å²) in [6, 6.07) is 18.4. The molecule has 0 amide bonds. The zero-order valence-corrected chi connectivity index (χ0v) is 22.4. The van der Waals surface area contributed by atoms with Gasteiger partial charge >= 0.3 is 0 Å². The standard InChI is InChI=1S/C30H32N2O5S/c1-2-16-32(19-21-6-7-21)38(34,35)25-11-8-22(9-12-25)26-5-3-4-24(31-26)18-29(33)30(14-15-30)23-10-13-27-28(17-23)37-20-36-27/h3-5,8-13,17,21H,2,6-7,14-16,18-20H2,1H3. The van der Waals surface area contributed by atoms with E-state index in [1.54, 1.807) is 28.6 Å². The summed E-state index contributed by atoms with van der Waals surface area (Å²) in [4.78, 5) is 18.5. The number of fused-ring (bicyclic) bond motifs is 1. The fraction of sp³-hybridized carbons (Fsp3) is 0.400. The Morgan fingerprint density at radius 3 is 2.50 bits per heavy atom. The molecule has 0 atom stereocenters. The van der Waals surface area contributed by atoms with E-state index >= 15 is 0 Å². The van der Waals surface area contributed by atoms with E-state index in [0.717, 1.165) is 48.9 Å². The largest absolute Gasteiger partial charge is 0.454 e. The van der Waals surface area contributed by atoms with Crippen LogP contribution in [-0.4, -0.2) is 43.4 Å². The smallest absolute Gasteiger partial charge is 0.243 e. The highest BCUT2D eigenvalue weighted by molar-refractivity contribution is 7.89. The van der Waals surface area contributed by atoms with Crippen LogP contribution in [0.1, 0.15) is 50.3 Å². The molecule has 0 saturated heterocycles. The van der Waals surface area contributed by atoms with Crippen LogP contribution >= 0.6 is 0 Å². The summed E-state index contributed by atoms with van der Waals surface area (Å²) in [6.45, 7) is 3.35. The lowest BCUT2D eigenvalue weighted by atomic mass is 9.88. The molecule has 198 valence electrons. The molecule has 0 N–H and O–H groups in total. The first kappa shape index (κ1) is 25.1. The summed E-state index contributed by atoms with van der Waals surface area (Å²) in [6.07, 6.45) is 4.87. The molecule has 1 aliphatic heterocycles. The molecule has 7 nitrogen and oxygen atoms in total. The molecule has 2 fully saturated rings. The minimum atomic E-state index is -3.53. The van der Waals surface area contributed by atoms with Crippen LogP contribution in [0.4, 0.5) is 0 Å². The Bertz CT molecular complexity index is 1460. The van der Waals surface area contributed by atoms with Crippen molar-refractivity contribution in [3.05, 3.63) is 71.9 Å². The second-order valence-corrected chi connectivity index (χ2v) is 12.5. The molecule has 0 radical (unpaired) electrons. The molecular weight excluding hydrogens is 500 g/mol. The molecule has 1 aromatic heterocycles. The maximum absolute atomic E-state index is 13.4. The van der Waals surface area contributed by atoms with Gasteiger partial charge in [0.25, 0.3) is 0 Å². The number of ether oxygens (including phenoxy) is 2. The number of carbonyl (C=O) groups is 1. The zero-order valence-electron chi connectivity index (χ0n) is 21.6. The van der Waals surface area contributed by atoms with E-state index < -0.39 is 15.4 Å². The fourth-order valence-corrected chi connectivity index (χ4v) is 6.82. The van der Waals surface area contributed by atoms with E-state index in [2.05, 4.69) is 0 Å². The fourth-order valence-electron chi connectivity index (χ4n) is 5.21. The number of rotatable bonds is 11. The van der Waals surface area contributed by atoms with Gasteiger partial charge < -0.3 is 9.47 Å². The normalized spacial score (nSPS) is 17.5. The molecule has 2 aromatic carbocycles. The molecular formula is C30H32N2O5S. The lowest BCUT2D eigenvalue weighted by Crippen LogP contribution is -2.33. The average Bonchev–Trinajstić information content (AvgIpc) is 3.86. The van der Waals surface area contributed by atoms with Crippen molar-refractivity contribution in [3.63, 3.8) is 0 Å². The molecule has 2 heterocycles. The maximum Gasteiger partial charge on any atom is 0.243 e. The number of carbonyl (C=O) groups excluding carboxylic acids is 1. The lowest BCUT2D eigenvalue weighted by Gasteiger charge is -2.21. The summed E-state index contributed by atoms with van der Waals surface area (Å²) in [7, 11) is -3.53. The number of hydrogen-bond acceptors (Lipinski definition) is 6.